The van der Waals surface area contributed by atoms with Gasteiger partial charge in [-0.2, -0.15) is 4.98 Å². The molecule has 2 N–H and O–H groups in total. The van der Waals surface area contributed by atoms with Gasteiger partial charge in [-0.25, -0.2) is 0 Å². The lowest BCUT2D eigenvalue weighted by Crippen LogP contribution is -2.40. The molecule has 1 aliphatic rings. The van der Waals surface area contributed by atoms with Gasteiger partial charge in [0, 0.05) is 43.3 Å². The summed E-state index contributed by atoms with van der Waals surface area (Å²) in [5.74, 6) is 1.86. The fraction of sp³-hybridized carbons (Fsp3) is 0.350. The first-order valence-electron chi connectivity index (χ1n) is 9.03. The predicted octanol–water partition coefficient (Wildman–Crippen LogP) is 2.72. The number of nitrogens with zero attached hydrogens (tertiary/aromatic N) is 3. The van der Waals surface area contributed by atoms with E-state index in [9.17, 15) is 0 Å². The fourth-order valence-electron chi connectivity index (χ4n) is 3.20. The molecule has 7 nitrogen and oxygen atoms in total. The summed E-state index contributed by atoms with van der Waals surface area (Å²) in [6.45, 7) is 2.23. The van der Waals surface area contributed by atoms with Crippen LogP contribution in [-0.2, 0) is 16.8 Å². The Morgan fingerprint density at radius 3 is 2.81 bits per heavy atom. The summed E-state index contributed by atoms with van der Waals surface area (Å²) in [4.78, 5) is 8.72. The molecule has 27 heavy (non-hydrogen) atoms. The zero-order chi connectivity index (χ0) is 18.5. The van der Waals surface area contributed by atoms with Gasteiger partial charge in [0.25, 0.3) is 0 Å². The number of pyridine rings is 1. The van der Waals surface area contributed by atoms with E-state index in [-0.39, 0.29) is 5.41 Å². The van der Waals surface area contributed by atoms with Gasteiger partial charge in [0.05, 0.1) is 5.41 Å². The normalized spacial score (nSPS) is 16.2. The zero-order valence-electron chi connectivity index (χ0n) is 15.0. The van der Waals surface area contributed by atoms with Crippen molar-refractivity contribution in [2.24, 2.45) is 5.73 Å². The minimum absolute atomic E-state index is 0.294. The predicted molar refractivity (Wildman–Crippen MR) is 99.1 cm³/mol. The number of rotatable bonds is 6. The Kier molecular flexibility index (Phi) is 5.13. The van der Waals surface area contributed by atoms with Gasteiger partial charge >= 0.3 is 0 Å². The molecule has 4 rings (SSSR count). The maximum absolute atomic E-state index is 6.03. The molecule has 0 unspecified atom stereocenters. The molecule has 0 spiro atoms. The van der Waals surface area contributed by atoms with Crippen LogP contribution in [0, 0.1) is 0 Å². The second-order valence-electron chi connectivity index (χ2n) is 6.70. The molecule has 3 heterocycles. The molecule has 0 radical (unpaired) electrons. The van der Waals surface area contributed by atoms with Crippen molar-refractivity contribution < 1.29 is 14.0 Å². The second-order valence-corrected chi connectivity index (χ2v) is 6.70. The van der Waals surface area contributed by atoms with Gasteiger partial charge in [-0.05, 0) is 31.0 Å². The van der Waals surface area contributed by atoms with Gasteiger partial charge in [-0.3, -0.25) is 4.98 Å². The summed E-state index contributed by atoms with van der Waals surface area (Å²) >= 11 is 0. The van der Waals surface area contributed by atoms with E-state index in [1.807, 2.05) is 36.4 Å². The van der Waals surface area contributed by atoms with E-state index in [2.05, 4.69) is 15.1 Å². The highest BCUT2D eigenvalue weighted by Crippen LogP contribution is 2.34. The molecule has 1 aromatic carbocycles. The zero-order valence-corrected chi connectivity index (χ0v) is 15.0. The molecule has 3 aromatic rings. The van der Waals surface area contributed by atoms with Crippen LogP contribution in [0.15, 0.2) is 53.3 Å². The highest BCUT2D eigenvalue weighted by atomic mass is 16.5. The monoisotopic (exact) mass is 366 g/mol. The summed E-state index contributed by atoms with van der Waals surface area (Å²) in [6, 6.07) is 11.5. The average molecular weight is 366 g/mol. The van der Waals surface area contributed by atoms with Crippen LogP contribution in [0.5, 0.6) is 5.75 Å². The first kappa shape index (κ1) is 17.6. The Morgan fingerprint density at radius 1 is 1.15 bits per heavy atom. The van der Waals surface area contributed by atoms with E-state index >= 15 is 0 Å². The minimum atomic E-state index is -0.294. The molecule has 1 fully saturated rings. The molecule has 2 aromatic heterocycles. The summed E-state index contributed by atoms with van der Waals surface area (Å²) in [7, 11) is 0. The average Bonchev–Trinajstić information content (AvgIpc) is 3.25. The van der Waals surface area contributed by atoms with E-state index in [0.29, 0.717) is 38.1 Å². The Labute approximate surface area is 157 Å². The molecule has 1 aliphatic heterocycles. The van der Waals surface area contributed by atoms with E-state index < -0.39 is 0 Å². The molecule has 0 atom stereocenters. The first-order valence-corrected chi connectivity index (χ1v) is 9.03. The van der Waals surface area contributed by atoms with Gasteiger partial charge in [0.15, 0.2) is 0 Å². The van der Waals surface area contributed by atoms with E-state index in [1.165, 1.54) is 0 Å². The highest BCUT2D eigenvalue weighted by Gasteiger charge is 2.38. The number of aromatic nitrogens is 3. The maximum atomic E-state index is 6.03. The van der Waals surface area contributed by atoms with Crippen LogP contribution < -0.4 is 10.5 Å². The Hall–Kier alpha value is -2.77. The van der Waals surface area contributed by atoms with Crippen LogP contribution in [0.4, 0.5) is 0 Å². The quantitative estimate of drug-likeness (QED) is 0.716. The number of benzene rings is 1. The SMILES string of the molecule is NCC1(c2nc(-c3cccc(OCc4cccnc4)c3)no2)CCOCC1. The third-order valence-electron chi connectivity index (χ3n) is 4.94. The summed E-state index contributed by atoms with van der Waals surface area (Å²) in [5.41, 5.74) is 7.58. The van der Waals surface area contributed by atoms with Gasteiger partial charge in [0.2, 0.25) is 11.7 Å². The first-order chi connectivity index (χ1) is 13.3. The van der Waals surface area contributed by atoms with E-state index in [4.69, 9.17) is 19.7 Å². The van der Waals surface area contributed by atoms with E-state index in [1.54, 1.807) is 12.4 Å². The van der Waals surface area contributed by atoms with Crippen LogP contribution in [0.2, 0.25) is 0 Å². The standard InChI is InChI=1S/C20H22N4O3/c21-14-20(6-9-25-10-7-20)19-23-18(24-27-19)16-4-1-5-17(11-16)26-13-15-3-2-8-22-12-15/h1-5,8,11-12H,6-7,9-10,13-14,21H2. The van der Waals surface area contributed by atoms with Crippen LogP contribution >= 0.6 is 0 Å². The molecular weight excluding hydrogens is 344 g/mol. The smallest absolute Gasteiger partial charge is 0.234 e. The molecule has 0 saturated carbocycles. The molecule has 0 aliphatic carbocycles. The number of hydrogen-bond donors (Lipinski definition) is 1. The third kappa shape index (κ3) is 3.84. The maximum Gasteiger partial charge on any atom is 0.234 e. The van der Waals surface area contributed by atoms with Gasteiger partial charge in [0.1, 0.15) is 12.4 Å². The topological polar surface area (TPSA) is 96.3 Å². The summed E-state index contributed by atoms with van der Waals surface area (Å²) in [6.07, 6.45) is 5.11. The van der Waals surface area contributed by atoms with Crippen LogP contribution in [0.1, 0.15) is 24.3 Å². The van der Waals surface area contributed by atoms with E-state index in [0.717, 1.165) is 29.7 Å². The van der Waals surface area contributed by atoms with Crippen molar-refractivity contribution in [3.05, 3.63) is 60.2 Å². The Morgan fingerprint density at radius 2 is 2.04 bits per heavy atom. The van der Waals surface area contributed by atoms with Crippen molar-refractivity contribution in [3.63, 3.8) is 0 Å². The van der Waals surface area contributed by atoms with Crippen molar-refractivity contribution >= 4 is 0 Å². The summed E-state index contributed by atoms with van der Waals surface area (Å²) in [5, 5.41) is 4.17. The van der Waals surface area contributed by atoms with Gasteiger partial charge in [-0.1, -0.05) is 23.4 Å². The number of nitrogens with two attached hydrogens (primary N) is 1. The van der Waals surface area contributed by atoms with Crippen LogP contribution in [-0.4, -0.2) is 34.9 Å². The minimum Gasteiger partial charge on any atom is -0.489 e. The van der Waals surface area contributed by atoms with Crippen LogP contribution in [0.25, 0.3) is 11.4 Å². The lowest BCUT2D eigenvalue weighted by molar-refractivity contribution is 0.0409. The lowest BCUT2D eigenvalue weighted by Gasteiger charge is -2.32. The molecule has 7 heteroatoms. The Balaban J connectivity index is 1.51. The fourth-order valence-corrected chi connectivity index (χ4v) is 3.20. The van der Waals surface area contributed by atoms with Crippen molar-refractivity contribution in [1.82, 2.24) is 15.1 Å². The van der Waals surface area contributed by atoms with Crippen molar-refractivity contribution in [2.75, 3.05) is 19.8 Å². The number of hydrogen-bond acceptors (Lipinski definition) is 7. The van der Waals surface area contributed by atoms with Crippen molar-refractivity contribution in [2.45, 2.75) is 24.9 Å². The lowest BCUT2D eigenvalue weighted by atomic mass is 9.80. The van der Waals surface area contributed by atoms with Crippen molar-refractivity contribution in [1.29, 1.82) is 0 Å². The third-order valence-corrected chi connectivity index (χ3v) is 4.94. The second kappa shape index (κ2) is 7.85. The molecular formula is C20H22N4O3. The molecule has 0 amide bonds. The van der Waals surface area contributed by atoms with Crippen molar-refractivity contribution in [3.8, 4) is 17.1 Å². The molecule has 1 saturated heterocycles. The Bertz CT molecular complexity index is 876. The number of ether oxygens (including phenoxy) is 2. The van der Waals surface area contributed by atoms with Gasteiger partial charge in [-0.15, -0.1) is 0 Å². The van der Waals surface area contributed by atoms with Crippen LogP contribution in [0.3, 0.4) is 0 Å². The van der Waals surface area contributed by atoms with Gasteiger partial charge < -0.3 is 19.7 Å². The highest BCUT2D eigenvalue weighted by molar-refractivity contribution is 5.57. The molecule has 140 valence electrons. The molecule has 0 bridgehead atoms. The largest absolute Gasteiger partial charge is 0.489 e. The summed E-state index contributed by atoms with van der Waals surface area (Å²) < 4.78 is 16.9.